The Balaban J connectivity index is 1.46. The molecule has 150 valence electrons. The van der Waals surface area contributed by atoms with Crippen molar-refractivity contribution in [2.24, 2.45) is 10.7 Å². The molecule has 3 heterocycles. The molecule has 1 atom stereocenters. The van der Waals surface area contributed by atoms with Gasteiger partial charge in [0.1, 0.15) is 0 Å². The highest BCUT2D eigenvalue weighted by molar-refractivity contribution is 5.97. The monoisotopic (exact) mass is 401 g/mol. The molecule has 2 aromatic heterocycles. The summed E-state index contributed by atoms with van der Waals surface area (Å²) in [5.74, 6) is 0.344. The Labute approximate surface area is 170 Å². The molecule has 2 aromatic carbocycles. The maximum atomic E-state index is 11.6. The summed E-state index contributed by atoms with van der Waals surface area (Å²) < 4.78 is 0. The van der Waals surface area contributed by atoms with E-state index in [1.54, 1.807) is 0 Å². The zero-order chi connectivity index (χ0) is 20.7. The Hall–Kier alpha value is -4.11. The van der Waals surface area contributed by atoms with E-state index >= 15 is 0 Å². The Kier molecular flexibility index (Phi) is 4.04. The van der Waals surface area contributed by atoms with Crippen LogP contribution in [0.4, 0.5) is 5.69 Å². The summed E-state index contributed by atoms with van der Waals surface area (Å²) >= 11 is 0. The van der Waals surface area contributed by atoms with Crippen molar-refractivity contribution in [3.8, 4) is 0 Å². The fourth-order valence-electron chi connectivity index (χ4n) is 3.74. The normalized spacial score (nSPS) is 18.7. The van der Waals surface area contributed by atoms with Gasteiger partial charge in [-0.15, -0.1) is 0 Å². The van der Waals surface area contributed by atoms with Gasteiger partial charge in [-0.2, -0.15) is 0 Å². The van der Waals surface area contributed by atoms with Gasteiger partial charge < -0.3 is 20.6 Å². The van der Waals surface area contributed by atoms with Gasteiger partial charge in [-0.25, -0.2) is 4.99 Å². The fraction of sp³-hybridized carbons (Fsp3) is 0.0952. The van der Waals surface area contributed by atoms with Crippen LogP contribution in [0.2, 0.25) is 0 Å². The molecular formula is C21H19N7O2. The molecular weight excluding hydrogens is 382 g/mol. The quantitative estimate of drug-likeness (QED) is 0.264. The van der Waals surface area contributed by atoms with Crippen molar-refractivity contribution in [2.75, 3.05) is 5.32 Å². The van der Waals surface area contributed by atoms with Crippen molar-refractivity contribution in [3.63, 3.8) is 0 Å². The number of aromatic amines is 2. The molecule has 1 unspecified atom stereocenters. The number of aromatic nitrogens is 2. The molecule has 30 heavy (non-hydrogen) atoms. The van der Waals surface area contributed by atoms with Gasteiger partial charge in [-0.1, -0.05) is 12.1 Å². The third-order valence-electron chi connectivity index (χ3n) is 5.21. The predicted molar refractivity (Wildman–Crippen MR) is 116 cm³/mol. The van der Waals surface area contributed by atoms with Crippen LogP contribution in [0, 0.1) is 10.1 Å². The van der Waals surface area contributed by atoms with E-state index in [-0.39, 0.29) is 12.1 Å². The molecule has 0 saturated carbocycles. The summed E-state index contributed by atoms with van der Waals surface area (Å²) in [5, 5.41) is 19.7. The number of hydrogen-bond donors (Lipinski definition) is 5. The van der Waals surface area contributed by atoms with Crippen molar-refractivity contribution >= 4 is 33.5 Å². The number of nitrogens with zero attached hydrogens (tertiary/aromatic N) is 2. The standard InChI is InChI=1S/C21H19N7O2/c22-21(11-13-1-4-17-15(9-13)6-8-23-17)19(28(29)30)12-25-20(27-21)26-16-3-2-14-5-7-24-18(14)10-16/h1-10,12,23-24H,11,22H2,(H2,25,26,27). The first-order valence-electron chi connectivity index (χ1n) is 9.41. The lowest BCUT2D eigenvalue weighted by Crippen LogP contribution is -2.51. The lowest BCUT2D eigenvalue weighted by molar-refractivity contribution is -0.435. The van der Waals surface area contributed by atoms with Gasteiger partial charge >= 0.3 is 5.70 Å². The minimum absolute atomic E-state index is 0.184. The van der Waals surface area contributed by atoms with Crippen molar-refractivity contribution < 1.29 is 4.92 Å². The maximum absolute atomic E-state index is 11.6. The predicted octanol–water partition coefficient (Wildman–Crippen LogP) is 3.04. The van der Waals surface area contributed by atoms with Crippen LogP contribution in [0.1, 0.15) is 5.56 Å². The summed E-state index contributed by atoms with van der Waals surface area (Å²) in [6.45, 7) is 0. The molecule has 0 saturated heterocycles. The van der Waals surface area contributed by atoms with Gasteiger partial charge in [0.2, 0.25) is 11.6 Å². The minimum atomic E-state index is -1.52. The van der Waals surface area contributed by atoms with Crippen LogP contribution in [0.25, 0.3) is 21.8 Å². The fourth-order valence-corrected chi connectivity index (χ4v) is 3.74. The SMILES string of the molecule is NC1(Cc2ccc3[nH]ccc3c2)N=C(Nc2ccc3cc[nH]c3c2)NC=C1[N+](=O)[O-]. The number of aliphatic imine (C=N–C) groups is 1. The van der Waals surface area contributed by atoms with Crippen LogP contribution in [-0.4, -0.2) is 26.5 Å². The molecule has 4 aromatic rings. The molecule has 9 heteroatoms. The largest absolute Gasteiger partial charge is 0.361 e. The topological polar surface area (TPSA) is 137 Å². The second-order valence-electron chi connectivity index (χ2n) is 7.30. The number of guanidine groups is 1. The molecule has 0 radical (unpaired) electrons. The smallest absolute Gasteiger partial charge is 0.304 e. The summed E-state index contributed by atoms with van der Waals surface area (Å²) in [4.78, 5) is 21.9. The molecule has 9 nitrogen and oxygen atoms in total. The first-order valence-corrected chi connectivity index (χ1v) is 9.41. The molecule has 5 rings (SSSR count). The van der Waals surface area contributed by atoms with Crippen LogP contribution < -0.4 is 16.4 Å². The van der Waals surface area contributed by atoms with Gasteiger partial charge in [0, 0.05) is 35.5 Å². The van der Waals surface area contributed by atoms with Crippen LogP contribution in [0.15, 0.2) is 77.8 Å². The van der Waals surface area contributed by atoms with E-state index in [1.807, 2.05) is 60.9 Å². The van der Waals surface area contributed by atoms with Crippen molar-refractivity contribution in [1.29, 1.82) is 0 Å². The molecule has 0 spiro atoms. The number of rotatable bonds is 4. The van der Waals surface area contributed by atoms with Gasteiger partial charge in [-0.3, -0.25) is 15.8 Å². The van der Waals surface area contributed by atoms with E-state index in [0.29, 0.717) is 5.96 Å². The zero-order valence-corrected chi connectivity index (χ0v) is 15.8. The van der Waals surface area contributed by atoms with Gasteiger partial charge in [0.25, 0.3) is 0 Å². The summed E-state index contributed by atoms with van der Waals surface area (Å²) in [7, 11) is 0. The molecule has 1 aliphatic rings. The maximum Gasteiger partial charge on any atom is 0.304 e. The Morgan fingerprint density at radius 2 is 1.83 bits per heavy atom. The van der Waals surface area contributed by atoms with Crippen LogP contribution in [0.5, 0.6) is 0 Å². The second kappa shape index (κ2) is 6.75. The molecule has 0 aliphatic carbocycles. The number of nitrogens with one attached hydrogen (secondary N) is 4. The van der Waals surface area contributed by atoms with Gasteiger partial charge in [0.15, 0.2) is 0 Å². The summed E-state index contributed by atoms with van der Waals surface area (Å²) in [6.07, 6.45) is 5.20. The molecule has 0 amide bonds. The Morgan fingerprint density at radius 1 is 1.03 bits per heavy atom. The third kappa shape index (κ3) is 3.16. The van der Waals surface area contributed by atoms with E-state index in [4.69, 9.17) is 5.73 Å². The number of anilines is 1. The summed E-state index contributed by atoms with van der Waals surface area (Å²) in [5.41, 5.74) is 8.37. The molecule has 1 aliphatic heterocycles. The highest BCUT2D eigenvalue weighted by Gasteiger charge is 2.42. The Morgan fingerprint density at radius 3 is 2.67 bits per heavy atom. The lowest BCUT2D eigenvalue weighted by atomic mass is 9.96. The zero-order valence-electron chi connectivity index (χ0n) is 15.8. The number of nitrogens with two attached hydrogens (primary N) is 1. The number of hydrogen-bond acceptors (Lipinski definition) is 6. The number of H-pyrrole nitrogens is 2. The third-order valence-corrected chi connectivity index (χ3v) is 5.21. The highest BCUT2D eigenvalue weighted by Crippen LogP contribution is 2.26. The Bertz CT molecular complexity index is 1330. The average molecular weight is 401 g/mol. The van der Waals surface area contributed by atoms with Crippen molar-refractivity contribution in [3.05, 3.63) is 88.5 Å². The van der Waals surface area contributed by atoms with E-state index in [1.165, 1.54) is 6.20 Å². The van der Waals surface area contributed by atoms with Crippen LogP contribution in [0.3, 0.4) is 0 Å². The lowest BCUT2D eigenvalue weighted by Gasteiger charge is -2.27. The number of nitro groups is 1. The van der Waals surface area contributed by atoms with Gasteiger partial charge in [0.05, 0.1) is 11.1 Å². The minimum Gasteiger partial charge on any atom is -0.361 e. The number of fused-ring (bicyclic) bond motifs is 2. The highest BCUT2D eigenvalue weighted by atomic mass is 16.6. The van der Waals surface area contributed by atoms with E-state index in [2.05, 4.69) is 25.6 Å². The second-order valence-corrected chi connectivity index (χ2v) is 7.30. The molecule has 6 N–H and O–H groups in total. The average Bonchev–Trinajstić information content (AvgIpc) is 3.35. The molecule has 0 fully saturated rings. The first kappa shape index (κ1) is 18.0. The van der Waals surface area contributed by atoms with Gasteiger partial charge in [-0.05, 0) is 52.7 Å². The van der Waals surface area contributed by atoms with Crippen molar-refractivity contribution in [2.45, 2.75) is 12.1 Å². The van der Waals surface area contributed by atoms with E-state index in [0.717, 1.165) is 33.1 Å². The van der Waals surface area contributed by atoms with Crippen LogP contribution in [-0.2, 0) is 6.42 Å². The van der Waals surface area contributed by atoms with Crippen molar-refractivity contribution in [1.82, 2.24) is 15.3 Å². The van der Waals surface area contributed by atoms with E-state index in [9.17, 15) is 10.1 Å². The number of benzene rings is 2. The van der Waals surface area contributed by atoms with E-state index < -0.39 is 10.6 Å². The first-order chi connectivity index (χ1) is 14.5. The summed E-state index contributed by atoms with van der Waals surface area (Å²) in [6, 6.07) is 15.5. The molecule has 0 bridgehead atoms. The van der Waals surface area contributed by atoms with Crippen LogP contribution >= 0.6 is 0 Å².